The van der Waals surface area contributed by atoms with E-state index in [0.29, 0.717) is 12.0 Å². The molecular formula is C17H25NaO4. The van der Waals surface area contributed by atoms with E-state index in [1.165, 1.54) is 6.42 Å². The van der Waals surface area contributed by atoms with Gasteiger partial charge >= 0.3 is 41.5 Å². The van der Waals surface area contributed by atoms with E-state index in [4.69, 9.17) is 0 Å². The Morgan fingerprint density at radius 2 is 1.45 bits per heavy atom. The third-order valence-electron chi connectivity index (χ3n) is 3.90. The van der Waals surface area contributed by atoms with Crippen LogP contribution >= 0.6 is 0 Å². The van der Waals surface area contributed by atoms with Crippen molar-refractivity contribution in [2.45, 2.75) is 57.3 Å². The zero-order valence-corrected chi connectivity index (χ0v) is 15.5. The van der Waals surface area contributed by atoms with Gasteiger partial charge in [-0.1, -0.05) is 75.8 Å². The maximum absolute atomic E-state index is 11.6. The molecule has 0 spiro atoms. The van der Waals surface area contributed by atoms with Gasteiger partial charge in [0.1, 0.15) is 0 Å². The quantitative estimate of drug-likeness (QED) is 0.383. The molecule has 5 heteroatoms. The molecule has 0 atom stereocenters. The van der Waals surface area contributed by atoms with E-state index < -0.39 is 17.4 Å². The number of unbranched alkanes of at least 4 members (excludes halogenated alkanes) is 5. The summed E-state index contributed by atoms with van der Waals surface area (Å²) in [5, 5.41) is 19.0. The van der Waals surface area contributed by atoms with Crippen LogP contribution in [0.3, 0.4) is 0 Å². The van der Waals surface area contributed by atoms with Gasteiger partial charge in [0.15, 0.2) is 5.41 Å². The van der Waals surface area contributed by atoms with Crippen LogP contribution in [0.2, 0.25) is 0 Å². The normalized spacial score (nSPS) is 10.8. The summed E-state index contributed by atoms with van der Waals surface area (Å²) in [6.07, 6.45) is 6.08. The van der Waals surface area contributed by atoms with Crippen molar-refractivity contribution in [3.05, 3.63) is 35.9 Å². The summed E-state index contributed by atoms with van der Waals surface area (Å²) >= 11 is 0. The second-order valence-electron chi connectivity index (χ2n) is 5.40. The second-order valence-corrected chi connectivity index (χ2v) is 5.40. The van der Waals surface area contributed by atoms with E-state index >= 15 is 0 Å². The van der Waals surface area contributed by atoms with Crippen molar-refractivity contribution in [2.24, 2.45) is 0 Å². The molecule has 4 nitrogen and oxygen atoms in total. The number of carboxylic acid groups (broad SMARTS) is 2. The summed E-state index contributed by atoms with van der Waals surface area (Å²) in [5.41, 5.74) is -1.48. The Morgan fingerprint density at radius 1 is 0.955 bits per heavy atom. The zero-order chi connectivity index (χ0) is 15.7. The van der Waals surface area contributed by atoms with Gasteiger partial charge in [-0.15, -0.1) is 0 Å². The number of benzene rings is 1. The number of carboxylic acids is 2. The number of carbonyl (C=O) groups is 2. The van der Waals surface area contributed by atoms with E-state index in [0.717, 1.165) is 25.7 Å². The van der Waals surface area contributed by atoms with Crippen molar-refractivity contribution >= 4 is 11.9 Å². The van der Waals surface area contributed by atoms with Gasteiger partial charge in [-0.25, -0.2) is 0 Å². The number of rotatable bonds is 10. The Hall–Kier alpha value is -0.840. The first-order chi connectivity index (χ1) is 10.1. The van der Waals surface area contributed by atoms with Gasteiger partial charge in [-0.3, -0.25) is 9.59 Å². The van der Waals surface area contributed by atoms with Gasteiger partial charge in [0.25, 0.3) is 0 Å². The van der Waals surface area contributed by atoms with Crippen molar-refractivity contribution < 1.29 is 50.8 Å². The molecule has 0 unspecified atom stereocenters. The van der Waals surface area contributed by atoms with Gasteiger partial charge in [0.2, 0.25) is 0 Å². The van der Waals surface area contributed by atoms with Crippen molar-refractivity contribution in [3.8, 4) is 0 Å². The molecule has 0 bridgehead atoms. The molecule has 0 saturated carbocycles. The first-order valence-corrected chi connectivity index (χ1v) is 7.58. The Labute approximate surface area is 155 Å². The molecule has 1 aromatic rings. The van der Waals surface area contributed by atoms with Crippen LogP contribution < -0.4 is 29.6 Å². The van der Waals surface area contributed by atoms with Gasteiger partial charge in [0.05, 0.1) is 0 Å². The van der Waals surface area contributed by atoms with Gasteiger partial charge in [-0.05, 0) is 12.0 Å². The van der Waals surface area contributed by atoms with Crippen LogP contribution in [0.5, 0.6) is 0 Å². The third kappa shape index (κ3) is 5.41. The van der Waals surface area contributed by atoms with Gasteiger partial charge < -0.3 is 11.6 Å². The summed E-state index contributed by atoms with van der Waals surface area (Å²) in [7, 11) is 0. The van der Waals surface area contributed by atoms with E-state index in [2.05, 4.69) is 6.92 Å². The van der Waals surface area contributed by atoms with E-state index in [1.807, 2.05) is 0 Å². The smallest absolute Gasteiger partial charge is 1.00 e. The molecule has 118 valence electrons. The Bertz CT molecular complexity index is 451. The number of hydrogen-bond acceptors (Lipinski definition) is 2. The molecule has 1 aromatic carbocycles. The average molecular weight is 316 g/mol. The first kappa shape index (κ1) is 21.2. The standard InChI is InChI=1S/C17H24O4.Na.H/c1-2-3-4-5-6-10-13-17(15(18)19,16(20)21)14-11-8-7-9-12-14;;/h7-9,11-12H,2-6,10,13H2,1H3,(H,18,19)(H,20,21);;/q;+1;-1. The molecule has 0 amide bonds. The Kier molecular flexibility index (Phi) is 10.4. The van der Waals surface area contributed by atoms with E-state index in [-0.39, 0.29) is 37.4 Å². The van der Waals surface area contributed by atoms with Crippen molar-refractivity contribution in [1.82, 2.24) is 0 Å². The van der Waals surface area contributed by atoms with Crippen molar-refractivity contribution in [1.29, 1.82) is 0 Å². The largest absolute Gasteiger partial charge is 1.00 e. The molecule has 1 rings (SSSR count). The van der Waals surface area contributed by atoms with Crippen LogP contribution in [-0.4, -0.2) is 22.2 Å². The first-order valence-electron chi connectivity index (χ1n) is 7.58. The summed E-state index contributed by atoms with van der Waals surface area (Å²) in [6.45, 7) is 2.13. The van der Waals surface area contributed by atoms with Crippen molar-refractivity contribution in [2.75, 3.05) is 0 Å². The summed E-state index contributed by atoms with van der Waals surface area (Å²) in [6, 6.07) is 8.27. The second kappa shape index (κ2) is 10.8. The van der Waals surface area contributed by atoms with Crippen LogP contribution in [-0.2, 0) is 15.0 Å². The van der Waals surface area contributed by atoms with Crippen molar-refractivity contribution in [3.63, 3.8) is 0 Å². The topological polar surface area (TPSA) is 74.6 Å². The molecular weight excluding hydrogens is 291 g/mol. The predicted molar refractivity (Wildman–Crippen MR) is 82.5 cm³/mol. The zero-order valence-electron chi connectivity index (χ0n) is 14.5. The SMILES string of the molecule is CCCCCCCCC(C(=O)O)(C(=O)O)c1ccccc1.[H-].[Na+]. The van der Waals surface area contributed by atoms with Gasteiger partial charge in [0, 0.05) is 0 Å². The molecule has 22 heavy (non-hydrogen) atoms. The Balaban J connectivity index is 0. The fraction of sp³-hybridized carbons (Fsp3) is 0.529. The third-order valence-corrected chi connectivity index (χ3v) is 3.90. The number of hydrogen-bond donors (Lipinski definition) is 2. The molecule has 0 aliphatic carbocycles. The maximum atomic E-state index is 11.6. The van der Waals surface area contributed by atoms with E-state index in [9.17, 15) is 19.8 Å². The predicted octanol–water partition coefficient (Wildman–Crippen LogP) is 0.961. The fourth-order valence-corrected chi connectivity index (χ4v) is 2.59. The van der Waals surface area contributed by atoms with Crippen LogP contribution in [0.25, 0.3) is 0 Å². The molecule has 0 saturated heterocycles. The fourth-order valence-electron chi connectivity index (χ4n) is 2.59. The van der Waals surface area contributed by atoms with Gasteiger partial charge in [-0.2, -0.15) is 0 Å². The minimum Gasteiger partial charge on any atom is -1.00 e. The molecule has 0 aliphatic heterocycles. The number of aliphatic carboxylic acids is 2. The molecule has 0 aromatic heterocycles. The monoisotopic (exact) mass is 316 g/mol. The molecule has 0 radical (unpaired) electrons. The maximum Gasteiger partial charge on any atom is 1.00 e. The van der Waals surface area contributed by atoms with Crippen LogP contribution in [0.15, 0.2) is 30.3 Å². The average Bonchev–Trinajstić information content (AvgIpc) is 2.47. The van der Waals surface area contributed by atoms with Crippen LogP contribution in [0.4, 0.5) is 0 Å². The minimum atomic E-state index is -1.83. The van der Waals surface area contributed by atoms with E-state index in [1.54, 1.807) is 30.3 Å². The summed E-state index contributed by atoms with van der Waals surface area (Å²) < 4.78 is 0. The van der Waals surface area contributed by atoms with Crippen LogP contribution in [0, 0.1) is 0 Å². The molecule has 0 fully saturated rings. The Morgan fingerprint density at radius 3 is 1.95 bits per heavy atom. The molecule has 2 N–H and O–H groups in total. The molecule has 0 aliphatic rings. The molecule has 0 heterocycles. The minimum absolute atomic E-state index is 0. The summed E-state index contributed by atoms with van der Waals surface area (Å²) in [5.74, 6) is -2.57. The summed E-state index contributed by atoms with van der Waals surface area (Å²) in [4.78, 5) is 23.3. The van der Waals surface area contributed by atoms with Crippen LogP contribution in [0.1, 0.15) is 58.9 Å².